The standard InChI is InChI=1S/C25H35N3O4/c1-4-6-14-27-24(31)22-18-13-12-16(5-2)20(23(30)26-3)21(18)25(32)28(22)19(15-29)17-10-8-7-9-11-17/h7-13,16,18-22,29H,4-6,14-15H2,1-3H3,(H,26,30)(H,27,31)/t16-,18+,19-,20-,21-,22+/m1/s1. The highest BCUT2D eigenvalue weighted by molar-refractivity contribution is 5.97. The summed E-state index contributed by atoms with van der Waals surface area (Å²) in [5.74, 6) is -2.34. The molecule has 7 nitrogen and oxygen atoms in total. The number of nitrogens with zero attached hydrogens (tertiary/aromatic N) is 1. The van der Waals surface area contributed by atoms with Crippen molar-refractivity contribution in [1.82, 2.24) is 15.5 Å². The normalized spacial score (nSPS) is 27.7. The van der Waals surface area contributed by atoms with Crippen LogP contribution in [0.5, 0.6) is 0 Å². The Morgan fingerprint density at radius 2 is 1.84 bits per heavy atom. The van der Waals surface area contributed by atoms with Crippen LogP contribution >= 0.6 is 0 Å². The van der Waals surface area contributed by atoms with Gasteiger partial charge >= 0.3 is 0 Å². The zero-order valence-corrected chi connectivity index (χ0v) is 19.2. The Morgan fingerprint density at radius 1 is 1.12 bits per heavy atom. The summed E-state index contributed by atoms with van der Waals surface area (Å²) in [4.78, 5) is 41.6. The summed E-state index contributed by atoms with van der Waals surface area (Å²) in [5.41, 5.74) is 0.765. The van der Waals surface area contributed by atoms with Gasteiger partial charge in [0.25, 0.3) is 0 Å². The predicted octanol–water partition coefficient (Wildman–Crippen LogP) is 2.04. The maximum absolute atomic E-state index is 13.9. The third kappa shape index (κ3) is 4.44. The molecule has 3 amide bonds. The molecule has 174 valence electrons. The minimum absolute atomic E-state index is 0.0757. The number of carbonyl (C=O) groups excluding carboxylic acids is 3. The summed E-state index contributed by atoms with van der Waals surface area (Å²) in [5, 5.41) is 16.0. The van der Waals surface area contributed by atoms with Gasteiger partial charge in [0.15, 0.2) is 0 Å². The fourth-order valence-corrected chi connectivity index (χ4v) is 5.22. The SMILES string of the molecule is CCCCNC(=O)[C@@H]1[C@H]2C=C[C@@H](CC)[C@@H](C(=O)NC)[C@@H]2C(=O)N1[C@H](CO)c1ccccc1. The van der Waals surface area contributed by atoms with Crippen molar-refractivity contribution in [2.75, 3.05) is 20.2 Å². The van der Waals surface area contributed by atoms with E-state index in [9.17, 15) is 19.5 Å². The Balaban J connectivity index is 2.06. The average Bonchev–Trinajstić information content (AvgIpc) is 3.11. The van der Waals surface area contributed by atoms with Crippen LogP contribution in [0.3, 0.4) is 0 Å². The quantitative estimate of drug-likeness (QED) is 0.403. The molecule has 1 aromatic carbocycles. The van der Waals surface area contributed by atoms with E-state index in [2.05, 4.69) is 10.6 Å². The fraction of sp³-hybridized carbons (Fsp3) is 0.560. The maximum atomic E-state index is 13.9. The number of carbonyl (C=O) groups is 3. The monoisotopic (exact) mass is 441 g/mol. The molecule has 0 aromatic heterocycles. The van der Waals surface area contributed by atoms with Crippen LogP contribution in [0.4, 0.5) is 0 Å². The largest absolute Gasteiger partial charge is 0.394 e. The van der Waals surface area contributed by atoms with Crippen molar-refractivity contribution < 1.29 is 19.5 Å². The van der Waals surface area contributed by atoms with E-state index < -0.39 is 29.8 Å². The molecule has 1 fully saturated rings. The van der Waals surface area contributed by atoms with E-state index in [-0.39, 0.29) is 30.2 Å². The Hall–Kier alpha value is -2.67. The van der Waals surface area contributed by atoms with Crippen LogP contribution in [-0.2, 0) is 14.4 Å². The molecule has 1 heterocycles. The van der Waals surface area contributed by atoms with Gasteiger partial charge < -0.3 is 20.6 Å². The lowest BCUT2D eigenvalue weighted by atomic mass is 9.69. The molecule has 0 unspecified atom stereocenters. The van der Waals surface area contributed by atoms with Crippen molar-refractivity contribution in [2.24, 2.45) is 23.7 Å². The minimum Gasteiger partial charge on any atom is -0.394 e. The van der Waals surface area contributed by atoms with Gasteiger partial charge in [-0.25, -0.2) is 0 Å². The van der Waals surface area contributed by atoms with Crippen molar-refractivity contribution in [3.63, 3.8) is 0 Å². The Kier molecular flexibility index (Phi) is 8.07. The average molecular weight is 442 g/mol. The van der Waals surface area contributed by atoms with Gasteiger partial charge in [-0.05, 0) is 24.3 Å². The Bertz CT molecular complexity index is 841. The Morgan fingerprint density at radius 3 is 2.44 bits per heavy atom. The smallest absolute Gasteiger partial charge is 0.243 e. The summed E-state index contributed by atoms with van der Waals surface area (Å²) in [6, 6.07) is 7.84. The Labute approximate surface area is 190 Å². The first kappa shape index (κ1) is 24.0. The highest BCUT2D eigenvalue weighted by Crippen LogP contribution is 2.47. The maximum Gasteiger partial charge on any atom is 0.243 e. The number of unbranched alkanes of at least 4 members (excludes halogenated alkanes) is 1. The number of hydrogen-bond acceptors (Lipinski definition) is 4. The summed E-state index contributed by atoms with van der Waals surface area (Å²) >= 11 is 0. The molecule has 32 heavy (non-hydrogen) atoms. The number of aliphatic hydroxyl groups is 1. The van der Waals surface area contributed by atoms with E-state index in [1.54, 1.807) is 7.05 Å². The lowest BCUT2D eigenvalue weighted by Crippen LogP contribution is -2.49. The number of benzene rings is 1. The van der Waals surface area contributed by atoms with Crippen LogP contribution in [0, 0.1) is 23.7 Å². The van der Waals surface area contributed by atoms with E-state index in [0.29, 0.717) is 6.54 Å². The van der Waals surface area contributed by atoms with E-state index in [0.717, 1.165) is 24.8 Å². The molecule has 0 bridgehead atoms. The number of rotatable bonds is 9. The number of aliphatic hydroxyl groups excluding tert-OH is 1. The highest BCUT2D eigenvalue weighted by Gasteiger charge is 2.58. The third-order valence-corrected chi connectivity index (χ3v) is 6.86. The molecular weight excluding hydrogens is 406 g/mol. The van der Waals surface area contributed by atoms with Crippen LogP contribution < -0.4 is 10.6 Å². The molecule has 0 spiro atoms. The van der Waals surface area contributed by atoms with Gasteiger partial charge in [0.1, 0.15) is 6.04 Å². The number of likely N-dealkylation sites (tertiary alicyclic amines) is 1. The molecule has 3 rings (SSSR count). The van der Waals surface area contributed by atoms with Gasteiger partial charge in [-0.3, -0.25) is 14.4 Å². The lowest BCUT2D eigenvalue weighted by molar-refractivity contribution is -0.143. The van der Waals surface area contributed by atoms with Crippen molar-refractivity contribution in [2.45, 2.75) is 45.2 Å². The zero-order chi connectivity index (χ0) is 23.3. The molecule has 2 aliphatic rings. The van der Waals surface area contributed by atoms with Gasteiger partial charge in [-0.2, -0.15) is 0 Å². The molecular formula is C25H35N3O4. The van der Waals surface area contributed by atoms with E-state index in [1.165, 1.54) is 4.90 Å². The molecule has 1 saturated heterocycles. The van der Waals surface area contributed by atoms with E-state index >= 15 is 0 Å². The topological polar surface area (TPSA) is 98.7 Å². The van der Waals surface area contributed by atoms with Crippen LogP contribution in [0.25, 0.3) is 0 Å². The van der Waals surface area contributed by atoms with Crippen LogP contribution in [0.1, 0.15) is 44.7 Å². The lowest BCUT2D eigenvalue weighted by Gasteiger charge is -2.34. The predicted molar refractivity (Wildman–Crippen MR) is 122 cm³/mol. The molecule has 0 saturated carbocycles. The molecule has 7 heteroatoms. The van der Waals surface area contributed by atoms with Gasteiger partial charge in [0, 0.05) is 19.5 Å². The number of hydrogen-bond donors (Lipinski definition) is 3. The molecule has 0 radical (unpaired) electrons. The van der Waals surface area contributed by atoms with Crippen molar-refractivity contribution >= 4 is 17.7 Å². The molecule has 6 atom stereocenters. The third-order valence-electron chi connectivity index (χ3n) is 6.86. The molecule has 3 N–H and O–H groups in total. The van der Waals surface area contributed by atoms with Crippen LogP contribution in [-0.4, -0.2) is 54.0 Å². The summed E-state index contributed by atoms with van der Waals surface area (Å²) in [7, 11) is 1.58. The van der Waals surface area contributed by atoms with Crippen molar-refractivity contribution in [3.8, 4) is 0 Å². The molecule has 1 aliphatic carbocycles. The fourth-order valence-electron chi connectivity index (χ4n) is 5.22. The second-order valence-corrected chi connectivity index (χ2v) is 8.64. The van der Waals surface area contributed by atoms with Gasteiger partial charge in [-0.15, -0.1) is 0 Å². The summed E-state index contributed by atoms with van der Waals surface area (Å²) in [6.07, 6.45) is 6.44. The minimum atomic E-state index is -0.775. The van der Waals surface area contributed by atoms with Crippen molar-refractivity contribution in [1.29, 1.82) is 0 Å². The number of fused-ring (bicyclic) bond motifs is 1. The second-order valence-electron chi connectivity index (χ2n) is 8.64. The number of allylic oxidation sites excluding steroid dienone is 1. The molecule has 1 aromatic rings. The highest BCUT2D eigenvalue weighted by atomic mass is 16.3. The van der Waals surface area contributed by atoms with Crippen LogP contribution in [0.2, 0.25) is 0 Å². The van der Waals surface area contributed by atoms with Crippen LogP contribution in [0.15, 0.2) is 42.5 Å². The summed E-state index contributed by atoms with van der Waals surface area (Å²) in [6.45, 7) is 4.27. The summed E-state index contributed by atoms with van der Waals surface area (Å²) < 4.78 is 0. The first-order chi connectivity index (χ1) is 15.5. The second kappa shape index (κ2) is 10.8. The van der Waals surface area contributed by atoms with E-state index in [4.69, 9.17) is 0 Å². The van der Waals surface area contributed by atoms with Gasteiger partial charge in [0.2, 0.25) is 17.7 Å². The molecule has 1 aliphatic heterocycles. The number of amides is 3. The number of nitrogens with one attached hydrogen (secondary N) is 2. The first-order valence-electron chi connectivity index (χ1n) is 11.7. The van der Waals surface area contributed by atoms with Crippen molar-refractivity contribution in [3.05, 3.63) is 48.0 Å². The zero-order valence-electron chi connectivity index (χ0n) is 19.2. The van der Waals surface area contributed by atoms with E-state index in [1.807, 2.05) is 56.3 Å². The van der Waals surface area contributed by atoms with Gasteiger partial charge in [0.05, 0.1) is 24.5 Å². The first-order valence-corrected chi connectivity index (χ1v) is 11.7. The van der Waals surface area contributed by atoms with Gasteiger partial charge in [-0.1, -0.05) is 62.8 Å².